The van der Waals surface area contributed by atoms with Gasteiger partial charge in [0.15, 0.2) is 5.96 Å². The number of aliphatic imine (C=N–C) groups is 1. The normalized spacial score (nSPS) is 18.0. The Kier molecular flexibility index (Phi) is 6.58. The van der Waals surface area contributed by atoms with Gasteiger partial charge in [-0.2, -0.15) is 0 Å². The van der Waals surface area contributed by atoms with Crippen molar-refractivity contribution < 1.29 is 4.79 Å². The third kappa shape index (κ3) is 4.79. The van der Waals surface area contributed by atoms with E-state index in [0.717, 1.165) is 31.2 Å². The zero-order chi connectivity index (χ0) is 18.6. The van der Waals surface area contributed by atoms with Gasteiger partial charge in [0.1, 0.15) is 0 Å². The van der Waals surface area contributed by atoms with Crippen molar-refractivity contribution in [3.63, 3.8) is 0 Å². The topological polar surface area (TPSA) is 70.7 Å². The summed E-state index contributed by atoms with van der Waals surface area (Å²) in [4.78, 5) is 18.7. The second-order valence-corrected chi connectivity index (χ2v) is 7.76. The minimum absolute atomic E-state index is 0.113. The van der Waals surface area contributed by atoms with Gasteiger partial charge in [-0.25, -0.2) is 0 Å². The first-order valence-corrected chi connectivity index (χ1v) is 9.24. The summed E-state index contributed by atoms with van der Waals surface area (Å²) >= 11 is 12.2. The molecule has 138 valence electrons. The molecule has 0 bridgehead atoms. The van der Waals surface area contributed by atoms with Crippen LogP contribution in [0, 0.1) is 5.41 Å². The van der Waals surface area contributed by atoms with Crippen molar-refractivity contribution in [2.24, 2.45) is 16.1 Å². The van der Waals surface area contributed by atoms with Crippen molar-refractivity contribution in [1.29, 1.82) is 0 Å². The lowest BCUT2D eigenvalue weighted by Crippen LogP contribution is -2.42. The van der Waals surface area contributed by atoms with Crippen molar-refractivity contribution in [2.45, 2.75) is 38.6 Å². The fourth-order valence-corrected chi connectivity index (χ4v) is 3.97. The number of nitrogens with two attached hydrogens (primary N) is 1. The molecule has 0 spiro atoms. The second-order valence-electron chi connectivity index (χ2n) is 6.92. The van der Waals surface area contributed by atoms with Crippen molar-refractivity contribution >= 4 is 35.1 Å². The van der Waals surface area contributed by atoms with E-state index in [9.17, 15) is 4.79 Å². The van der Waals surface area contributed by atoms with Crippen LogP contribution in [0.3, 0.4) is 0 Å². The number of carbonyl (C=O) groups is 1. The smallest absolute Gasteiger partial charge is 0.230 e. The molecule has 1 fully saturated rings. The van der Waals surface area contributed by atoms with Crippen LogP contribution in [0.5, 0.6) is 0 Å². The third-order valence-electron chi connectivity index (χ3n) is 4.77. The number of benzene rings is 1. The number of halogens is 2. The summed E-state index contributed by atoms with van der Waals surface area (Å²) < 4.78 is 0. The summed E-state index contributed by atoms with van der Waals surface area (Å²) in [6.45, 7) is 2.36. The summed E-state index contributed by atoms with van der Waals surface area (Å²) in [7, 11) is 3.58. The van der Waals surface area contributed by atoms with Crippen molar-refractivity contribution in [1.82, 2.24) is 10.2 Å². The molecule has 25 heavy (non-hydrogen) atoms. The number of amides is 1. The molecule has 5 nitrogen and oxygen atoms in total. The van der Waals surface area contributed by atoms with Crippen LogP contribution in [0.15, 0.2) is 23.2 Å². The van der Waals surface area contributed by atoms with Crippen LogP contribution in [0.25, 0.3) is 0 Å². The minimum Gasteiger partial charge on any atom is -0.370 e. The highest BCUT2D eigenvalue weighted by Crippen LogP contribution is 2.39. The Labute approximate surface area is 159 Å². The van der Waals surface area contributed by atoms with E-state index in [1.54, 1.807) is 31.1 Å². The van der Waals surface area contributed by atoms with Crippen LogP contribution >= 0.6 is 23.2 Å². The van der Waals surface area contributed by atoms with Gasteiger partial charge in [-0.05, 0) is 37.5 Å². The van der Waals surface area contributed by atoms with Crippen molar-refractivity contribution in [3.05, 3.63) is 33.8 Å². The van der Waals surface area contributed by atoms with Gasteiger partial charge in [-0.15, -0.1) is 0 Å². The summed E-state index contributed by atoms with van der Waals surface area (Å²) in [5, 5.41) is 4.31. The third-order valence-corrected chi connectivity index (χ3v) is 5.33. The van der Waals surface area contributed by atoms with Gasteiger partial charge < -0.3 is 16.0 Å². The Morgan fingerprint density at radius 3 is 2.56 bits per heavy atom. The number of hydrogen-bond donors (Lipinski definition) is 2. The van der Waals surface area contributed by atoms with Gasteiger partial charge in [-0.1, -0.05) is 42.1 Å². The Bertz CT molecular complexity index is 654. The van der Waals surface area contributed by atoms with Crippen LogP contribution in [0.2, 0.25) is 10.0 Å². The highest BCUT2D eigenvalue weighted by molar-refractivity contribution is 6.35. The van der Waals surface area contributed by atoms with E-state index < -0.39 is 5.41 Å². The van der Waals surface area contributed by atoms with Gasteiger partial charge in [0, 0.05) is 24.1 Å². The lowest BCUT2D eigenvalue weighted by molar-refractivity contribution is -0.138. The maximum absolute atomic E-state index is 12.6. The molecule has 1 aromatic carbocycles. The van der Waals surface area contributed by atoms with Crippen LogP contribution < -0.4 is 11.1 Å². The summed E-state index contributed by atoms with van der Waals surface area (Å²) in [5.74, 6) is 0.451. The molecular weight excluding hydrogens is 359 g/mol. The van der Waals surface area contributed by atoms with Gasteiger partial charge >= 0.3 is 0 Å². The molecular formula is C18H26Cl2N4O. The molecule has 1 aliphatic carbocycles. The Balaban J connectivity index is 2.06. The quantitative estimate of drug-likeness (QED) is 0.601. The van der Waals surface area contributed by atoms with E-state index in [1.807, 2.05) is 13.0 Å². The van der Waals surface area contributed by atoms with Crippen LogP contribution in [0.4, 0.5) is 0 Å². The Morgan fingerprint density at radius 1 is 1.36 bits per heavy atom. The molecule has 1 aliphatic rings. The van der Waals surface area contributed by atoms with Crippen LogP contribution in [-0.2, 0) is 4.79 Å². The molecule has 3 N–H and O–H groups in total. The molecule has 1 unspecified atom stereocenters. The summed E-state index contributed by atoms with van der Waals surface area (Å²) in [6.07, 6.45) is 3.83. The van der Waals surface area contributed by atoms with Gasteiger partial charge in [0.05, 0.1) is 18.0 Å². The fourth-order valence-electron chi connectivity index (χ4n) is 3.40. The van der Waals surface area contributed by atoms with E-state index in [0.29, 0.717) is 22.5 Å². The first-order chi connectivity index (χ1) is 11.7. The van der Waals surface area contributed by atoms with Gasteiger partial charge in [-0.3, -0.25) is 9.79 Å². The zero-order valence-electron chi connectivity index (χ0n) is 15.0. The molecule has 0 saturated heterocycles. The SMILES string of the molecule is CC(NC(N)=NCC1(C(=O)N(C)C)CCCC1)c1ccc(Cl)cc1Cl. The maximum Gasteiger partial charge on any atom is 0.230 e. The monoisotopic (exact) mass is 384 g/mol. The first kappa shape index (κ1) is 19.9. The van der Waals surface area contributed by atoms with Crippen molar-refractivity contribution in [3.8, 4) is 0 Å². The Hall–Kier alpha value is -1.46. The average Bonchev–Trinajstić information content (AvgIpc) is 3.02. The largest absolute Gasteiger partial charge is 0.370 e. The molecule has 1 amide bonds. The molecule has 0 heterocycles. The highest BCUT2D eigenvalue weighted by Gasteiger charge is 2.41. The number of hydrogen-bond acceptors (Lipinski definition) is 2. The molecule has 1 aromatic rings. The first-order valence-electron chi connectivity index (χ1n) is 8.48. The number of nitrogens with zero attached hydrogens (tertiary/aromatic N) is 2. The van der Waals surface area contributed by atoms with E-state index in [2.05, 4.69) is 10.3 Å². The zero-order valence-corrected chi connectivity index (χ0v) is 16.5. The van der Waals surface area contributed by atoms with Crippen LogP contribution in [0.1, 0.15) is 44.2 Å². The summed E-state index contributed by atoms with van der Waals surface area (Å²) in [5.41, 5.74) is 6.52. The average molecular weight is 385 g/mol. The lowest BCUT2D eigenvalue weighted by atomic mass is 9.85. The van der Waals surface area contributed by atoms with E-state index in [4.69, 9.17) is 28.9 Å². The van der Waals surface area contributed by atoms with Crippen LogP contribution in [-0.4, -0.2) is 37.4 Å². The van der Waals surface area contributed by atoms with E-state index >= 15 is 0 Å². The Morgan fingerprint density at radius 2 is 2.00 bits per heavy atom. The summed E-state index contributed by atoms with van der Waals surface area (Å²) in [6, 6.07) is 5.24. The molecule has 7 heteroatoms. The fraction of sp³-hybridized carbons (Fsp3) is 0.556. The maximum atomic E-state index is 12.6. The predicted molar refractivity (Wildman–Crippen MR) is 104 cm³/mol. The minimum atomic E-state index is -0.420. The lowest BCUT2D eigenvalue weighted by Gasteiger charge is -2.29. The van der Waals surface area contributed by atoms with Crippen molar-refractivity contribution in [2.75, 3.05) is 20.6 Å². The number of rotatable bonds is 5. The standard InChI is InChI=1S/C18H26Cl2N4O/c1-12(14-7-6-13(19)10-15(14)20)23-17(21)22-11-18(8-4-5-9-18)16(25)24(2)3/h6-7,10,12H,4-5,8-9,11H2,1-3H3,(H3,21,22,23). The van der Waals surface area contributed by atoms with E-state index in [1.165, 1.54) is 0 Å². The molecule has 0 aliphatic heterocycles. The molecule has 2 rings (SSSR count). The van der Waals surface area contributed by atoms with Gasteiger partial charge in [0.2, 0.25) is 5.91 Å². The second kappa shape index (κ2) is 8.28. The number of carbonyl (C=O) groups excluding carboxylic acids is 1. The molecule has 0 radical (unpaired) electrons. The predicted octanol–water partition coefficient (Wildman–Crippen LogP) is 3.61. The molecule has 1 atom stereocenters. The van der Waals surface area contributed by atoms with E-state index in [-0.39, 0.29) is 11.9 Å². The molecule has 1 saturated carbocycles. The number of guanidine groups is 1. The van der Waals surface area contributed by atoms with Gasteiger partial charge in [0.25, 0.3) is 0 Å². The molecule has 0 aromatic heterocycles. The highest BCUT2D eigenvalue weighted by atomic mass is 35.5. The number of nitrogens with one attached hydrogen (secondary N) is 1.